The molecular weight excluding hydrogens is 234 g/mol. The lowest BCUT2D eigenvalue weighted by molar-refractivity contribution is 0.00910. The van der Waals surface area contributed by atoms with E-state index in [4.69, 9.17) is 10.5 Å². The van der Waals surface area contributed by atoms with Crippen LogP contribution >= 0.6 is 0 Å². The summed E-state index contributed by atoms with van der Waals surface area (Å²) in [5.41, 5.74) is 11.7. The van der Waals surface area contributed by atoms with Crippen molar-refractivity contribution in [2.24, 2.45) is 5.73 Å². The second-order valence-corrected chi connectivity index (χ2v) is 5.98. The third-order valence-corrected chi connectivity index (χ3v) is 4.18. The summed E-state index contributed by atoms with van der Waals surface area (Å²) in [5, 5.41) is 0. The van der Waals surface area contributed by atoms with Crippen LogP contribution < -0.4 is 5.73 Å². The molecule has 0 spiro atoms. The molecule has 2 N–H and O–H groups in total. The van der Waals surface area contributed by atoms with E-state index in [2.05, 4.69) is 32.9 Å². The molecule has 1 saturated heterocycles. The first kappa shape index (κ1) is 14.5. The second-order valence-electron chi connectivity index (χ2n) is 5.98. The summed E-state index contributed by atoms with van der Waals surface area (Å²) in [6.07, 6.45) is 6.29. The van der Waals surface area contributed by atoms with Crippen molar-refractivity contribution in [1.82, 2.24) is 0 Å². The van der Waals surface area contributed by atoms with Crippen molar-refractivity contribution in [2.75, 3.05) is 6.61 Å². The fraction of sp³-hybridized carbons (Fsp3) is 0.647. The van der Waals surface area contributed by atoms with Gasteiger partial charge in [-0.25, -0.2) is 0 Å². The molecule has 0 aliphatic carbocycles. The van der Waals surface area contributed by atoms with Crippen LogP contribution in [0, 0.1) is 20.8 Å². The Morgan fingerprint density at radius 1 is 1.21 bits per heavy atom. The van der Waals surface area contributed by atoms with Crippen molar-refractivity contribution in [2.45, 2.75) is 65.0 Å². The van der Waals surface area contributed by atoms with Crippen molar-refractivity contribution in [3.05, 3.63) is 34.4 Å². The molecule has 2 unspecified atom stereocenters. The minimum atomic E-state index is 0.145. The number of aryl methyl sites for hydroxylation is 3. The largest absolute Gasteiger partial charge is 0.378 e. The van der Waals surface area contributed by atoms with Gasteiger partial charge >= 0.3 is 0 Å². The van der Waals surface area contributed by atoms with E-state index in [0.29, 0.717) is 6.10 Å². The molecule has 1 aromatic rings. The van der Waals surface area contributed by atoms with Gasteiger partial charge in [0.25, 0.3) is 0 Å². The van der Waals surface area contributed by atoms with E-state index >= 15 is 0 Å². The van der Waals surface area contributed by atoms with E-state index in [1.807, 2.05) is 0 Å². The lowest BCUT2D eigenvalue weighted by Crippen LogP contribution is -2.22. The maximum Gasteiger partial charge on any atom is 0.0575 e. The molecule has 0 aromatic heterocycles. The molecule has 1 aliphatic rings. The van der Waals surface area contributed by atoms with Crippen LogP contribution in [0.15, 0.2) is 12.1 Å². The SMILES string of the molecule is Cc1cc(C)c(C(N)CCC2CCCCO2)c(C)c1. The lowest BCUT2D eigenvalue weighted by Gasteiger charge is -2.25. The van der Waals surface area contributed by atoms with Crippen LogP contribution in [-0.2, 0) is 4.74 Å². The zero-order valence-electron chi connectivity index (χ0n) is 12.5. The predicted molar refractivity (Wildman–Crippen MR) is 80.4 cm³/mol. The van der Waals surface area contributed by atoms with Gasteiger partial charge in [0.1, 0.15) is 0 Å². The summed E-state index contributed by atoms with van der Waals surface area (Å²) in [6.45, 7) is 7.42. The van der Waals surface area contributed by atoms with Crippen molar-refractivity contribution in [1.29, 1.82) is 0 Å². The standard InChI is InChI=1S/C17H27NO/c1-12-10-13(2)17(14(3)11-12)16(18)8-7-15-6-4-5-9-19-15/h10-11,15-16H,4-9,18H2,1-3H3. The number of hydrogen-bond donors (Lipinski definition) is 1. The molecule has 1 aliphatic heterocycles. The average molecular weight is 261 g/mol. The molecular formula is C17H27NO. The zero-order valence-corrected chi connectivity index (χ0v) is 12.5. The van der Waals surface area contributed by atoms with Gasteiger partial charge in [-0.15, -0.1) is 0 Å². The Morgan fingerprint density at radius 3 is 2.47 bits per heavy atom. The Morgan fingerprint density at radius 2 is 1.89 bits per heavy atom. The van der Waals surface area contributed by atoms with Crippen LogP contribution in [0.3, 0.4) is 0 Å². The fourth-order valence-electron chi connectivity index (χ4n) is 3.32. The summed E-state index contributed by atoms with van der Waals surface area (Å²) >= 11 is 0. The highest BCUT2D eigenvalue weighted by molar-refractivity contribution is 5.39. The first-order chi connectivity index (χ1) is 9.08. The molecule has 106 valence electrons. The monoisotopic (exact) mass is 261 g/mol. The van der Waals surface area contributed by atoms with Gasteiger partial charge in [-0.05, 0) is 69.6 Å². The van der Waals surface area contributed by atoms with Crippen LogP contribution in [0.2, 0.25) is 0 Å². The number of ether oxygens (including phenoxy) is 1. The Bertz CT molecular complexity index is 398. The number of nitrogens with two attached hydrogens (primary N) is 1. The van der Waals surface area contributed by atoms with E-state index in [-0.39, 0.29) is 6.04 Å². The minimum absolute atomic E-state index is 0.145. The van der Waals surface area contributed by atoms with Gasteiger partial charge in [0, 0.05) is 12.6 Å². The van der Waals surface area contributed by atoms with Gasteiger partial charge in [0.15, 0.2) is 0 Å². The first-order valence-corrected chi connectivity index (χ1v) is 7.53. The third kappa shape index (κ3) is 3.80. The van der Waals surface area contributed by atoms with E-state index in [0.717, 1.165) is 19.4 Å². The maximum absolute atomic E-state index is 6.41. The molecule has 1 fully saturated rings. The predicted octanol–water partition coefficient (Wildman–Crippen LogP) is 3.96. The number of benzene rings is 1. The van der Waals surface area contributed by atoms with E-state index < -0.39 is 0 Å². The summed E-state index contributed by atoms with van der Waals surface area (Å²) in [5.74, 6) is 0. The minimum Gasteiger partial charge on any atom is -0.378 e. The third-order valence-electron chi connectivity index (χ3n) is 4.18. The molecule has 2 atom stereocenters. The lowest BCUT2D eigenvalue weighted by atomic mass is 9.91. The molecule has 1 heterocycles. The van der Waals surface area contributed by atoms with Crippen molar-refractivity contribution >= 4 is 0 Å². The van der Waals surface area contributed by atoms with Gasteiger partial charge < -0.3 is 10.5 Å². The van der Waals surface area contributed by atoms with Crippen LogP contribution in [0.1, 0.15) is 60.4 Å². The average Bonchev–Trinajstić information content (AvgIpc) is 2.36. The Balaban J connectivity index is 1.97. The summed E-state index contributed by atoms with van der Waals surface area (Å²) in [7, 11) is 0. The Labute approximate surface area is 117 Å². The molecule has 2 rings (SSSR count). The highest BCUT2D eigenvalue weighted by atomic mass is 16.5. The van der Waals surface area contributed by atoms with Gasteiger partial charge in [-0.2, -0.15) is 0 Å². The Kier molecular flexibility index (Phi) is 5.00. The molecule has 2 heteroatoms. The quantitative estimate of drug-likeness (QED) is 0.890. The van der Waals surface area contributed by atoms with Gasteiger partial charge in [-0.3, -0.25) is 0 Å². The zero-order chi connectivity index (χ0) is 13.8. The molecule has 0 bridgehead atoms. The van der Waals surface area contributed by atoms with Crippen LogP contribution in [0.5, 0.6) is 0 Å². The molecule has 0 amide bonds. The highest BCUT2D eigenvalue weighted by Gasteiger charge is 2.17. The number of hydrogen-bond acceptors (Lipinski definition) is 2. The van der Waals surface area contributed by atoms with Crippen molar-refractivity contribution in [3.63, 3.8) is 0 Å². The molecule has 2 nitrogen and oxygen atoms in total. The summed E-state index contributed by atoms with van der Waals surface area (Å²) < 4.78 is 5.79. The van der Waals surface area contributed by atoms with E-state index in [1.165, 1.54) is 41.5 Å². The molecule has 0 radical (unpaired) electrons. The highest BCUT2D eigenvalue weighted by Crippen LogP contribution is 2.27. The smallest absolute Gasteiger partial charge is 0.0575 e. The summed E-state index contributed by atoms with van der Waals surface area (Å²) in [6, 6.07) is 4.62. The number of rotatable bonds is 4. The van der Waals surface area contributed by atoms with Gasteiger partial charge in [0.05, 0.1) is 6.10 Å². The molecule has 1 aromatic carbocycles. The van der Waals surface area contributed by atoms with Gasteiger partial charge in [0.2, 0.25) is 0 Å². The van der Waals surface area contributed by atoms with Crippen LogP contribution in [0.4, 0.5) is 0 Å². The second kappa shape index (κ2) is 6.53. The maximum atomic E-state index is 6.41. The normalized spacial score (nSPS) is 21.4. The van der Waals surface area contributed by atoms with Gasteiger partial charge in [-0.1, -0.05) is 17.7 Å². The fourth-order valence-corrected chi connectivity index (χ4v) is 3.32. The van der Waals surface area contributed by atoms with E-state index in [1.54, 1.807) is 0 Å². The first-order valence-electron chi connectivity index (χ1n) is 7.53. The van der Waals surface area contributed by atoms with Crippen LogP contribution in [-0.4, -0.2) is 12.7 Å². The van der Waals surface area contributed by atoms with Crippen molar-refractivity contribution in [3.8, 4) is 0 Å². The molecule has 19 heavy (non-hydrogen) atoms. The molecule has 0 saturated carbocycles. The topological polar surface area (TPSA) is 35.2 Å². The Hall–Kier alpha value is -0.860. The van der Waals surface area contributed by atoms with E-state index in [9.17, 15) is 0 Å². The summed E-state index contributed by atoms with van der Waals surface area (Å²) in [4.78, 5) is 0. The van der Waals surface area contributed by atoms with Crippen molar-refractivity contribution < 1.29 is 4.74 Å². The van der Waals surface area contributed by atoms with Crippen LogP contribution in [0.25, 0.3) is 0 Å².